The SMILES string of the molecule is O=C(CCN1C(=O)[C@H]2CC=CC[C@H]2C1=O)NCCCc1ccc(F)cc1. The Morgan fingerprint density at radius 3 is 2.31 bits per heavy atom. The normalized spacial score (nSPS) is 21.8. The van der Waals surface area contributed by atoms with E-state index in [4.69, 9.17) is 0 Å². The molecule has 3 amide bonds. The number of rotatable bonds is 7. The number of hydrogen-bond acceptors (Lipinski definition) is 3. The molecule has 0 aromatic heterocycles. The molecule has 1 aliphatic carbocycles. The third kappa shape index (κ3) is 4.18. The van der Waals surface area contributed by atoms with Crippen molar-refractivity contribution in [2.45, 2.75) is 32.1 Å². The van der Waals surface area contributed by atoms with E-state index in [0.29, 0.717) is 19.4 Å². The average molecular weight is 358 g/mol. The van der Waals surface area contributed by atoms with Gasteiger partial charge in [-0.3, -0.25) is 19.3 Å². The number of halogens is 1. The molecule has 26 heavy (non-hydrogen) atoms. The van der Waals surface area contributed by atoms with Crippen molar-refractivity contribution in [3.05, 3.63) is 47.8 Å². The van der Waals surface area contributed by atoms with Gasteiger partial charge in [-0.15, -0.1) is 0 Å². The van der Waals surface area contributed by atoms with Gasteiger partial charge in [0.05, 0.1) is 11.8 Å². The molecule has 3 rings (SSSR count). The van der Waals surface area contributed by atoms with Gasteiger partial charge in [-0.1, -0.05) is 24.3 Å². The first-order valence-corrected chi connectivity index (χ1v) is 9.07. The van der Waals surface area contributed by atoms with E-state index < -0.39 is 0 Å². The molecule has 1 fully saturated rings. The largest absolute Gasteiger partial charge is 0.356 e. The van der Waals surface area contributed by atoms with E-state index in [2.05, 4.69) is 5.32 Å². The predicted octanol–water partition coefficient (Wildman–Crippen LogP) is 2.22. The van der Waals surface area contributed by atoms with Crippen LogP contribution in [0.3, 0.4) is 0 Å². The molecular formula is C20H23FN2O3. The number of nitrogens with zero attached hydrogens (tertiary/aromatic N) is 1. The standard InChI is InChI=1S/C20H23FN2O3/c21-15-9-7-14(8-10-15)4-3-12-22-18(24)11-13-23-19(25)16-5-1-2-6-17(16)20(23)26/h1-2,7-10,16-17H,3-6,11-13H2,(H,22,24)/t16-,17+. The van der Waals surface area contributed by atoms with Crippen molar-refractivity contribution in [3.63, 3.8) is 0 Å². The van der Waals surface area contributed by atoms with Gasteiger partial charge in [-0.2, -0.15) is 0 Å². The fourth-order valence-corrected chi connectivity index (χ4v) is 3.56. The first kappa shape index (κ1) is 18.3. The molecule has 1 heterocycles. The van der Waals surface area contributed by atoms with Gasteiger partial charge in [0.2, 0.25) is 17.7 Å². The van der Waals surface area contributed by atoms with E-state index >= 15 is 0 Å². The summed E-state index contributed by atoms with van der Waals surface area (Å²) in [5.74, 6) is -1.21. The number of aryl methyl sites for hydroxylation is 1. The number of amides is 3. The van der Waals surface area contributed by atoms with Crippen molar-refractivity contribution >= 4 is 17.7 Å². The zero-order valence-corrected chi connectivity index (χ0v) is 14.6. The molecule has 0 unspecified atom stereocenters. The summed E-state index contributed by atoms with van der Waals surface area (Å²) in [6.45, 7) is 0.654. The summed E-state index contributed by atoms with van der Waals surface area (Å²) in [6, 6.07) is 6.31. The van der Waals surface area contributed by atoms with E-state index in [9.17, 15) is 18.8 Å². The highest BCUT2D eigenvalue weighted by molar-refractivity contribution is 6.05. The third-order valence-corrected chi connectivity index (χ3v) is 5.04. The van der Waals surface area contributed by atoms with Crippen molar-refractivity contribution < 1.29 is 18.8 Å². The molecule has 2 atom stereocenters. The Morgan fingerprint density at radius 2 is 1.69 bits per heavy atom. The van der Waals surface area contributed by atoms with Gasteiger partial charge >= 0.3 is 0 Å². The molecule has 0 radical (unpaired) electrons. The topological polar surface area (TPSA) is 66.5 Å². The molecule has 5 nitrogen and oxygen atoms in total. The highest BCUT2D eigenvalue weighted by atomic mass is 19.1. The van der Waals surface area contributed by atoms with Crippen LogP contribution in [0.5, 0.6) is 0 Å². The Morgan fingerprint density at radius 1 is 1.08 bits per heavy atom. The predicted molar refractivity (Wildman–Crippen MR) is 94.4 cm³/mol. The van der Waals surface area contributed by atoms with E-state index in [1.54, 1.807) is 12.1 Å². The van der Waals surface area contributed by atoms with Crippen LogP contribution in [0.15, 0.2) is 36.4 Å². The van der Waals surface area contributed by atoms with Gasteiger partial charge in [0.1, 0.15) is 5.82 Å². The summed E-state index contributed by atoms with van der Waals surface area (Å²) in [5.41, 5.74) is 1.02. The highest BCUT2D eigenvalue weighted by Gasteiger charge is 2.46. The molecule has 6 heteroatoms. The number of allylic oxidation sites excluding steroid dienone is 2. The van der Waals surface area contributed by atoms with E-state index in [1.807, 2.05) is 12.2 Å². The average Bonchev–Trinajstić information content (AvgIpc) is 2.89. The summed E-state index contributed by atoms with van der Waals surface area (Å²) >= 11 is 0. The van der Waals surface area contributed by atoms with Crippen molar-refractivity contribution in [1.82, 2.24) is 10.2 Å². The second-order valence-electron chi connectivity index (χ2n) is 6.81. The monoisotopic (exact) mass is 358 g/mol. The second kappa shape index (κ2) is 8.25. The lowest BCUT2D eigenvalue weighted by molar-refractivity contribution is -0.140. The first-order valence-electron chi connectivity index (χ1n) is 9.07. The molecular weight excluding hydrogens is 335 g/mol. The molecule has 1 aromatic rings. The van der Waals surface area contributed by atoms with Gasteiger partial charge in [0, 0.05) is 19.5 Å². The van der Waals surface area contributed by atoms with E-state index in [1.165, 1.54) is 17.0 Å². The summed E-state index contributed by atoms with van der Waals surface area (Å²) in [4.78, 5) is 37.8. The van der Waals surface area contributed by atoms with Crippen LogP contribution in [-0.4, -0.2) is 35.7 Å². The van der Waals surface area contributed by atoms with Crippen molar-refractivity contribution in [2.24, 2.45) is 11.8 Å². The van der Waals surface area contributed by atoms with Gasteiger partial charge in [0.25, 0.3) is 0 Å². The lowest BCUT2D eigenvalue weighted by Gasteiger charge is -2.14. The molecule has 2 aliphatic rings. The molecule has 0 spiro atoms. The Labute approximate surface area is 152 Å². The highest BCUT2D eigenvalue weighted by Crippen LogP contribution is 2.34. The Kier molecular flexibility index (Phi) is 5.81. The first-order chi connectivity index (χ1) is 12.6. The van der Waals surface area contributed by atoms with Gasteiger partial charge in [-0.25, -0.2) is 4.39 Å². The molecule has 1 aromatic carbocycles. The van der Waals surface area contributed by atoms with Gasteiger partial charge < -0.3 is 5.32 Å². The van der Waals surface area contributed by atoms with Crippen LogP contribution in [0.2, 0.25) is 0 Å². The number of imide groups is 1. The lowest BCUT2D eigenvalue weighted by Crippen LogP contribution is -2.35. The fraction of sp³-hybridized carbons (Fsp3) is 0.450. The summed E-state index contributed by atoms with van der Waals surface area (Å²) in [7, 11) is 0. The molecule has 138 valence electrons. The zero-order valence-electron chi connectivity index (χ0n) is 14.6. The fourth-order valence-electron chi connectivity index (χ4n) is 3.56. The molecule has 1 saturated heterocycles. The number of carbonyl (C=O) groups is 3. The number of carbonyl (C=O) groups excluding carboxylic acids is 3. The number of likely N-dealkylation sites (tertiary alicyclic amines) is 1. The number of benzene rings is 1. The lowest BCUT2D eigenvalue weighted by atomic mass is 9.85. The van der Waals surface area contributed by atoms with Crippen LogP contribution in [-0.2, 0) is 20.8 Å². The minimum absolute atomic E-state index is 0.126. The smallest absolute Gasteiger partial charge is 0.233 e. The van der Waals surface area contributed by atoms with Crippen LogP contribution in [0.25, 0.3) is 0 Å². The Bertz CT molecular complexity index is 688. The van der Waals surface area contributed by atoms with Gasteiger partial charge in [0.15, 0.2) is 0 Å². The molecule has 1 N–H and O–H groups in total. The Balaban J connectivity index is 1.37. The number of hydrogen-bond donors (Lipinski definition) is 1. The molecule has 0 bridgehead atoms. The third-order valence-electron chi connectivity index (χ3n) is 5.04. The minimum atomic E-state index is -0.260. The summed E-state index contributed by atoms with van der Waals surface area (Å²) in [6.07, 6.45) is 6.74. The number of nitrogens with one attached hydrogen (secondary N) is 1. The summed E-state index contributed by atoms with van der Waals surface area (Å²) in [5, 5.41) is 2.81. The van der Waals surface area contributed by atoms with E-state index in [0.717, 1.165) is 18.4 Å². The van der Waals surface area contributed by atoms with Crippen LogP contribution in [0, 0.1) is 17.7 Å². The van der Waals surface area contributed by atoms with Crippen molar-refractivity contribution in [1.29, 1.82) is 0 Å². The van der Waals surface area contributed by atoms with Gasteiger partial charge in [-0.05, 0) is 43.4 Å². The molecule has 1 aliphatic heterocycles. The Hall–Kier alpha value is -2.50. The van der Waals surface area contributed by atoms with Crippen LogP contribution < -0.4 is 5.32 Å². The zero-order chi connectivity index (χ0) is 18.5. The van der Waals surface area contributed by atoms with Crippen molar-refractivity contribution in [3.8, 4) is 0 Å². The van der Waals surface area contributed by atoms with Crippen LogP contribution >= 0.6 is 0 Å². The molecule has 0 saturated carbocycles. The maximum absolute atomic E-state index is 12.8. The second-order valence-corrected chi connectivity index (χ2v) is 6.81. The quantitative estimate of drug-likeness (QED) is 0.462. The maximum atomic E-state index is 12.8. The summed E-state index contributed by atoms with van der Waals surface area (Å²) < 4.78 is 12.8. The van der Waals surface area contributed by atoms with Crippen LogP contribution in [0.4, 0.5) is 4.39 Å². The maximum Gasteiger partial charge on any atom is 0.233 e. The van der Waals surface area contributed by atoms with E-state index in [-0.39, 0.29) is 48.3 Å². The minimum Gasteiger partial charge on any atom is -0.356 e. The van der Waals surface area contributed by atoms with Crippen LogP contribution in [0.1, 0.15) is 31.2 Å². The van der Waals surface area contributed by atoms with Crippen molar-refractivity contribution in [2.75, 3.05) is 13.1 Å². The number of fused-ring (bicyclic) bond motifs is 1.